The van der Waals surface area contributed by atoms with Crippen LogP contribution in [-0.4, -0.2) is 18.5 Å². The summed E-state index contributed by atoms with van der Waals surface area (Å²) in [7, 11) is 0. The van der Waals surface area contributed by atoms with Crippen LogP contribution >= 0.6 is 0 Å². The third-order valence-corrected chi connectivity index (χ3v) is 3.99. The molecule has 4 nitrogen and oxygen atoms in total. The molecule has 0 aliphatic rings. The van der Waals surface area contributed by atoms with E-state index in [0.717, 1.165) is 27.9 Å². The average molecular weight is 351 g/mol. The second kappa shape index (κ2) is 8.99. The number of hydrogen-bond acceptors (Lipinski definition) is 3. The van der Waals surface area contributed by atoms with Gasteiger partial charge in [0.15, 0.2) is 6.61 Å². The molecule has 0 aliphatic carbocycles. The fourth-order valence-corrected chi connectivity index (χ4v) is 2.64. The van der Waals surface area contributed by atoms with Crippen molar-refractivity contribution in [3.8, 4) is 0 Å². The lowest BCUT2D eigenvalue weighted by atomic mass is 9.98. The molecule has 0 unspecified atom stereocenters. The minimum atomic E-state index is -0.546. The monoisotopic (exact) mass is 351 g/mol. The highest BCUT2D eigenvalue weighted by Crippen LogP contribution is 2.27. The summed E-state index contributed by atoms with van der Waals surface area (Å²) in [6.07, 6.45) is 3.00. The number of benzene rings is 2. The second-order valence-corrected chi connectivity index (χ2v) is 6.60. The molecule has 2 rings (SSSR count). The number of nitrogens with one attached hydrogen (secondary N) is 1. The summed E-state index contributed by atoms with van der Waals surface area (Å²) >= 11 is 0. The van der Waals surface area contributed by atoms with Gasteiger partial charge in [0.2, 0.25) is 0 Å². The zero-order valence-corrected chi connectivity index (χ0v) is 15.7. The summed E-state index contributed by atoms with van der Waals surface area (Å²) in [5.74, 6) is -0.612. The van der Waals surface area contributed by atoms with Gasteiger partial charge in [0.25, 0.3) is 5.91 Å². The Kier molecular flexibility index (Phi) is 6.73. The summed E-state index contributed by atoms with van der Waals surface area (Å²) in [6, 6.07) is 13.7. The molecule has 0 saturated carbocycles. The van der Waals surface area contributed by atoms with Crippen LogP contribution in [-0.2, 0) is 14.3 Å². The third-order valence-electron chi connectivity index (χ3n) is 3.99. The van der Waals surface area contributed by atoms with E-state index < -0.39 is 5.97 Å². The van der Waals surface area contributed by atoms with Gasteiger partial charge in [-0.25, -0.2) is 4.79 Å². The standard InChI is InChI=1S/C22H25NO3/c1-15(2)19-10-6-8-17(4)22(19)23-20(24)14-26-21(25)12-11-18-9-5-7-16(3)13-18/h5-13,15H,14H2,1-4H3,(H,23,24)/b12-11+. The van der Waals surface area contributed by atoms with E-state index in [2.05, 4.69) is 19.2 Å². The van der Waals surface area contributed by atoms with E-state index in [0.29, 0.717) is 0 Å². The molecular formula is C22H25NO3. The van der Waals surface area contributed by atoms with Crippen LogP contribution in [0.5, 0.6) is 0 Å². The largest absolute Gasteiger partial charge is 0.452 e. The number of amides is 1. The molecule has 2 aromatic carbocycles. The van der Waals surface area contributed by atoms with Crippen LogP contribution in [0.3, 0.4) is 0 Å². The van der Waals surface area contributed by atoms with Crippen molar-refractivity contribution in [1.82, 2.24) is 0 Å². The molecular weight excluding hydrogens is 326 g/mol. The molecule has 0 bridgehead atoms. The van der Waals surface area contributed by atoms with Crippen molar-refractivity contribution in [2.75, 3.05) is 11.9 Å². The van der Waals surface area contributed by atoms with Crippen LogP contribution in [0.1, 0.15) is 42.0 Å². The van der Waals surface area contributed by atoms with Crippen LogP contribution in [0.15, 0.2) is 48.5 Å². The highest BCUT2D eigenvalue weighted by Gasteiger charge is 2.13. The molecule has 0 heterocycles. The minimum Gasteiger partial charge on any atom is -0.452 e. The topological polar surface area (TPSA) is 55.4 Å². The molecule has 26 heavy (non-hydrogen) atoms. The summed E-state index contributed by atoms with van der Waals surface area (Å²) < 4.78 is 5.03. The quantitative estimate of drug-likeness (QED) is 0.610. The van der Waals surface area contributed by atoms with E-state index in [1.54, 1.807) is 6.08 Å². The van der Waals surface area contributed by atoms with Crippen LogP contribution in [0, 0.1) is 13.8 Å². The maximum Gasteiger partial charge on any atom is 0.331 e. The number of aryl methyl sites for hydroxylation is 2. The van der Waals surface area contributed by atoms with Gasteiger partial charge >= 0.3 is 5.97 Å². The van der Waals surface area contributed by atoms with E-state index in [9.17, 15) is 9.59 Å². The Hall–Kier alpha value is -2.88. The average Bonchev–Trinajstić information content (AvgIpc) is 2.59. The molecule has 1 N–H and O–H groups in total. The fraction of sp³-hybridized carbons (Fsp3) is 0.273. The molecule has 136 valence electrons. The molecule has 0 aromatic heterocycles. The number of carbonyl (C=O) groups is 2. The van der Waals surface area contributed by atoms with Crippen molar-refractivity contribution in [2.45, 2.75) is 33.6 Å². The predicted octanol–water partition coefficient (Wildman–Crippen LogP) is 4.62. The number of esters is 1. The molecule has 0 radical (unpaired) electrons. The highest BCUT2D eigenvalue weighted by atomic mass is 16.5. The Morgan fingerprint density at radius 3 is 2.54 bits per heavy atom. The van der Waals surface area contributed by atoms with Gasteiger partial charge in [-0.15, -0.1) is 0 Å². The van der Waals surface area contributed by atoms with Gasteiger partial charge in [-0.2, -0.15) is 0 Å². The second-order valence-electron chi connectivity index (χ2n) is 6.60. The lowest BCUT2D eigenvalue weighted by molar-refractivity contribution is -0.142. The Bertz CT molecular complexity index is 822. The van der Waals surface area contributed by atoms with Crippen molar-refractivity contribution in [3.05, 3.63) is 70.8 Å². The number of carbonyl (C=O) groups excluding carboxylic acids is 2. The first kappa shape index (κ1) is 19.4. The molecule has 0 atom stereocenters. The van der Waals surface area contributed by atoms with E-state index in [1.807, 2.05) is 56.3 Å². The lowest BCUT2D eigenvalue weighted by Crippen LogP contribution is -2.21. The zero-order valence-electron chi connectivity index (χ0n) is 15.7. The van der Waals surface area contributed by atoms with Crippen molar-refractivity contribution < 1.29 is 14.3 Å². The van der Waals surface area contributed by atoms with Gasteiger partial charge in [0, 0.05) is 11.8 Å². The molecule has 2 aromatic rings. The van der Waals surface area contributed by atoms with Crippen LogP contribution in [0.2, 0.25) is 0 Å². The number of ether oxygens (including phenoxy) is 1. The molecule has 0 saturated heterocycles. The number of anilines is 1. The molecule has 0 fully saturated rings. The maximum absolute atomic E-state index is 12.2. The van der Waals surface area contributed by atoms with Gasteiger partial charge < -0.3 is 10.1 Å². The molecule has 4 heteroatoms. The van der Waals surface area contributed by atoms with Gasteiger partial charge in [-0.05, 0) is 42.5 Å². The Labute approximate surface area is 154 Å². The van der Waals surface area contributed by atoms with Gasteiger partial charge in [0.1, 0.15) is 0 Å². The van der Waals surface area contributed by atoms with Crippen molar-refractivity contribution >= 4 is 23.6 Å². The maximum atomic E-state index is 12.2. The normalized spacial score (nSPS) is 11.0. The minimum absolute atomic E-state index is 0.282. The van der Waals surface area contributed by atoms with Gasteiger partial charge in [0.05, 0.1) is 0 Å². The van der Waals surface area contributed by atoms with Gasteiger partial charge in [-0.3, -0.25) is 4.79 Å². The lowest BCUT2D eigenvalue weighted by Gasteiger charge is -2.16. The number of para-hydroxylation sites is 1. The summed E-state index contributed by atoms with van der Waals surface area (Å²) in [4.78, 5) is 24.0. The van der Waals surface area contributed by atoms with E-state index in [-0.39, 0.29) is 18.4 Å². The smallest absolute Gasteiger partial charge is 0.331 e. The Morgan fingerprint density at radius 1 is 1.12 bits per heavy atom. The Morgan fingerprint density at radius 2 is 1.85 bits per heavy atom. The SMILES string of the molecule is Cc1cccc(/C=C/C(=O)OCC(=O)Nc2c(C)cccc2C(C)C)c1. The summed E-state index contributed by atoms with van der Waals surface area (Å²) in [6.45, 7) is 7.75. The van der Waals surface area contributed by atoms with Crippen LogP contribution in [0.25, 0.3) is 6.08 Å². The highest BCUT2D eigenvalue weighted by molar-refractivity contribution is 5.95. The van der Waals surface area contributed by atoms with Crippen LogP contribution in [0.4, 0.5) is 5.69 Å². The summed E-state index contributed by atoms with van der Waals surface area (Å²) in [5, 5.41) is 2.86. The van der Waals surface area contributed by atoms with E-state index >= 15 is 0 Å². The van der Waals surface area contributed by atoms with Crippen LogP contribution < -0.4 is 5.32 Å². The Balaban J connectivity index is 1.92. The van der Waals surface area contributed by atoms with Crippen molar-refractivity contribution in [2.24, 2.45) is 0 Å². The number of rotatable bonds is 6. The zero-order chi connectivity index (χ0) is 19.1. The molecule has 0 spiro atoms. The van der Waals surface area contributed by atoms with Gasteiger partial charge in [-0.1, -0.05) is 61.9 Å². The fourth-order valence-electron chi connectivity index (χ4n) is 2.64. The predicted molar refractivity (Wildman–Crippen MR) is 105 cm³/mol. The van der Waals surface area contributed by atoms with Crippen molar-refractivity contribution in [3.63, 3.8) is 0 Å². The summed E-state index contributed by atoms with van der Waals surface area (Å²) in [5.41, 5.74) is 4.85. The van der Waals surface area contributed by atoms with E-state index in [4.69, 9.17) is 4.74 Å². The third kappa shape index (κ3) is 5.59. The molecule has 1 amide bonds. The first-order chi connectivity index (χ1) is 12.4. The number of hydrogen-bond donors (Lipinski definition) is 1. The first-order valence-corrected chi connectivity index (χ1v) is 8.67. The molecule has 0 aliphatic heterocycles. The van der Waals surface area contributed by atoms with Crippen molar-refractivity contribution in [1.29, 1.82) is 0 Å². The first-order valence-electron chi connectivity index (χ1n) is 8.67. The van der Waals surface area contributed by atoms with E-state index in [1.165, 1.54) is 6.08 Å².